The summed E-state index contributed by atoms with van der Waals surface area (Å²) >= 11 is 0. The number of rotatable bonds is 13. The number of ether oxygens (including phenoxy) is 1. The fraction of sp³-hybridized carbons (Fsp3) is 0.775. The first-order chi connectivity index (χ1) is 23.8. The maximum atomic E-state index is 12.7. The Kier molecular flexibility index (Phi) is 14.2. The van der Waals surface area contributed by atoms with Crippen LogP contribution in [-0.2, 0) is 28.7 Å². The Morgan fingerprint density at radius 2 is 1.80 bits per heavy atom. The summed E-state index contributed by atoms with van der Waals surface area (Å²) in [5.74, 6) is -0.719. The Bertz CT molecular complexity index is 1360. The van der Waals surface area contributed by atoms with Crippen molar-refractivity contribution in [3.05, 3.63) is 23.8 Å². The van der Waals surface area contributed by atoms with Crippen molar-refractivity contribution in [3.8, 4) is 0 Å². The van der Waals surface area contributed by atoms with E-state index in [0.29, 0.717) is 32.4 Å². The van der Waals surface area contributed by atoms with Crippen LogP contribution in [0.1, 0.15) is 100 Å². The van der Waals surface area contributed by atoms with Crippen molar-refractivity contribution >= 4 is 29.7 Å². The zero-order chi connectivity index (χ0) is 38.5. The largest absolute Gasteiger partial charge is 0.392 e. The zero-order valence-electron chi connectivity index (χ0n) is 32.7. The van der Waals surface area contributed by atoms with Crippen molar-refractivity contribution in [3.63, 3.8) is 0 Å². The molecule has 1 saturated heterocycles. The van der Waals surface area contributed by atoms with Crippen LogP contribution in [0.2, 0.25) is 0 Å². The molecular weight excluding hydrogens is 650 g/mol. The predicted molar refractivity (Wildman–Crippen MR) is 196 cm³/mol. The second kappa shape index (κ2) is 16.9. The molecule has 4 aliphatic rings. The summed E-state index contributed by atoms with van der Waals surface area (Å²) in [4.78, 5) is 62.3. The number of methoxy groups -OCH3 is 1. The minimum Gasteiger partial charge on any atom is -0.392 e. The van der Waals surface area contributed by atoms with Gasteiger partial charge in [0, 0.05) is 49.3 Å². The molecule has 0 aromatic carbocycles. The van der Waals surface area contributed by atoms with E-state index in [4.69, 9.17) is 4.74 Å². The Morgan fingerprint density at radius 1 is 1.14 bits per heavy atom. The number of nitrogens with one attached hydrogen (secondary N) is 2. The minimum absolute atomic E-state index is 0.00164. The van der Waals surface area contributed by atoms with Crippen molar-refractivity contribution < 1.29 is 38.9 Å². The molecule has 11 nitrogen and oxygen atoms in total. The van der Waals surface area contributed by atoms with E-state index in [1.165, 1.54) is 7.11 Å². The maximum Gasteiger partial charge on any atom is 0.242 e. The number of carbonyl (C=O) groups is 5. The van der Waals surface area contributed by atoms with E-state index in [1.807, 2.05) is 47.6 Å². The van der Waals surface area contributed by atoms with Crippen LogP contribution in [0.5, 0.6) is 0 Å². The van der Waals surface area contributed by atoms with E-state index in [1.54, 1.807) is 24.1 Å². The lowest BCUT2D eigenvalue weighted by atomic mass is 9.49. The van der Waals surface area contributed by atoms with Crippen LogP contribution in [-0.4, -0.2) is 102 Å². The predicted octanol–water partition coefficient (Wildman–Crippen LogP) is 3.80. The number of allylic oxidation sites excluding steroid dienone is 4. The standard InChI is InChI=1S/C22H32O5.C18H33N3O3/c1-5-14-10-16(23)8-9-20(14,2)21(3)11-15-6-7-17(18(24)13-27-4)22(15,26)12-19(21)25;1-12(2)15(19-6)17(24)21-9-7-8-14(21)16(23)20-11-18(4,5)13(3)10-22/h8-10,15,17,19,25-26H,5-7,11-13H2,1-4H3;10,12-15,19H,7-9,11H2,1-6H3,(H,20,23). The van der Waals surface area contributed by atoms with Gasteiger partial charge in [0.15, 0.2) is 11.6 Å². The van der Waals surface area contributed by atoms with Gasteiger partial charge in [-0.2, -0.15) is 0 Å². The van der Waals surface area contributed by atoms with Crippen molar-refractivity contribution in [2.75, 3.05) is 33.9 Å². The summed E-state index contributed by atoms with van der Waals surface area (Å²) in [6.45, 7) is 17.0. The van der Waals surface area contributed by atoms with Crippen LogP contribution in [0.15, 0.2) is 23.8 Å². The highest BCUT2D eigenvalue weighted by molar-refractivity contribution is 6.01. The molecule has 9 atom stereocenters. The highest BCUT2D eigenvalue weighted by atomic mass is 16.5. The number of aliphatic hydroxyl groups excluding tert-OH is 1. The number of hydrogen-bond donors (Lipinski definition) is 4. The topological polar surface area (TPSA) is 162 Å². The number of ketones is 2. The quantitative estimate of drug-likeness (QED) is 0.208. The van der Waals surface area contributed by atoms with Crippen molar-refractivity contribution in [1.29, 1.82) is 0 Å². The molecule has 0 aromatic rings. The zero-order valence-corrected chi connectivity index (χ0v) is 32.7. The van der Waals surface area contributed by atoms with Gasteiger partial charge in [-0.15, -0.1) is 0 Å². The molecule has 0 bridgehead atoms. The maximum absolute atomic E-state index is 12.7. The number of aldehydes is 1. The minimum atomic E-state index is -1.17. The molecule has 3 fully saturated rings. The molecule has 1 aliphatic heterocycles. The Balaban J connectivity index is 0.000000278. The van der Waals surface area contributed by atoms with Crippen molar-refractivity contribution in [2.24, 2.45) is 39.9 Å². The molecule has 1 heterocycles. The van der Waals surface area contributed by atoms with Crippen molar-refractivity contribution in [2.45, 2.75) is 124 Å². The number of likely N-dealkylation sites (N-methyl/N-ethyl adjacent to an activating group) is 1. The number of nitrogens with zero attached hydrogens (tertiary/aromatic N) is 1. The normalized spacial score (nSPS) is 33.2. The average molecular weight is 716 g/mol. The molecule has 51 heavy (non-hydrogen) atoms. The number of hydrogen-bond acceptors (Lipinski definition) is 9. The summed E-state index contributed by atoms with van der Waals surface area (Å²) in [6, 6.07) is -0.681. The summed E-state index contributed by atoms with van der Waals surface area (Å²) in [7, 11) is 3.26. The summed E-state index contributed by atoms with van der Waals surface area (Å²) in [6.07, 6.45) is 9.83. The molecular formula is C40H65N3O8. The highest BCUT2D eigenvalue weighted by Crippen LogP contribution is 2.62. The molecule has 2 saturated carbocycles. The smallest absolute Gasteiger partial charge is 0.242 e. The van der Waals surface area contributed by atoms with Gasteiger partial charge in [-0.25, -0.2) is 0 Å². The lowest BCUT2D eigenvalue weighted by molar-refractivity contribution is -0.173. The van der Waals surface area contributed by atoms with Crippen molar-refractivity contribution in [1.82, 2.24) is 15.5 Å². The van der Waals surface area contributed by atoms with Gasteiger partial charge < -0.3 is 35.3 Å². The molecule has 4 N–H and O–H groups in total. The molecule has 0 radical (unpaired) electrons. The first kappa shape index (κ1) is 42.7. The van der Waals surface area contributed by atoms with Gasteiger partial charge in [0.1, 0.15) is 18.9 Å². The lowest BCUT2D eigenvalue weighted by Gasteiger charge is -2.57. The molecule has 0 spiro atoms. The van der Waals surface area contributed by atoms with Crippen LogP contribution >= 0.6 is 0 Å². The van der Waals surface area contributed by atoms with E-state index in [-0.39, 0.29) is 65.6 Å². The molecule has 11 heteroatoms. The monoisotopic (exact) mass is 715 g/mol. The fourth-order valence-corrected chi connectivity index (χ4v) is 8.92. The first-order valence-electron chi connectivity index (χ1n) is 18.8. The summed E-state index contributed by atoms with van der Waals surface area (Å²) in [5.41, 5.74) is -1.43. The molecule has 9 unspecified atom stereocenters. The van der Waals surface area contributed by atoms with Crippen LogP contribution in [0.25, 0.3) is 0 Å². The molecule has 0 aromatic heterocycles. The van der Waals surface area contributed by atoms with E-state index >= 15 is 0 Å². The van der Waals surface area contributed by atoms with Crippen LogP contribution < -0.4 is 10.6 Å². The number of amides is 2. The molecule has 4 rings (SSSR count). The number of likely N-dealkylation sites (tertiary alicyclic amines) is 1. The van der Waals surface area contributed by atoms with E-state index in [0.717, 1.165) is 31.1 Å². The number of aliphatic hydroxyl groups is 2. The van der Waals surface area contributed by atoms with E-state index in [2.05, 4.69) is 24.5 Å². The second-order valence-corrected chi connectivity index (χ2v) is 16.9. The number of Topliss-reactive ketones (excluding diaryl/α,β-unsaturated/α-hetero) is 1. The Labute approximate surface area is 305 Å². The van der Waals surface area contributed by atoms with Gasteiger partial charge in [-0.1, -0.05) is 67.0 Å². The van der Waals surface area contributed by atoms with Gasteiger partial charge in [0.2, 0.25) is 11.8 Å². The Hall–Kier alpha value is -2.73. The van der Waals surface area contributed by atoms with Gasteiger partial charge in [0.25, 0.3) is 0 Å². The van der Waals surface area contributed by atoms with Gasteiger partial charge in [-0.3, -0.25) is 19.2 Å². The third-order valence-electron chi connectivity index (χ3n) is 13.1. The number of carbonyl (C=O) groups excluding carboxylic acids is 5. The van der Waals surface area contributed by atoms with Crippen LogP contribution in [0, 0.1) is 39.9 Å². The molecule has 2 amide bonds. The Morgan fingerprint density at radius 3 is 2.37 bits per heavy atom. The number of fused-ring (bicyclic) bond motifs is 1. The van der Waals surface area contributed by atoms with Gasteiger partial charge in [-0.05, 0) is 75.0 Å². The average Bonchev–Trinajstić information content (AvgIpc) is 3.69. The van der Waals surface area contributed by atoms with E-state index < -0.39 is 34.5 Å². The van der Waals surface area contributed by atoms with Crippen LogP contribution in [0.3, 0.4) is 0 Å². The lowest BCUT2D eigenvalue weighted by Crippen LogP contribution is -2.59. The first-order valence-corrected chi connectivity index (χ1v) is 18.8. The molecule has 3 aliphatic carbocycles. The highest BCUT2D eigenvalue weighted by Gasteiger charge is 2.63. The second-order valence-electron chi connectivity index (χ2n) is 16.9. The van der Waals surface area contributed by atoms with Gasteiger partial charge >= 0.3 is 0 Å². The fourth-order valence-electron chi connectivity index (χ4n) is 8.92. The van der Waals surface area contributed by atoms with Crippen LogP contribution in [0.4, 0.5) is 0 Å². The summed E-state index contributed by atoms with van der Waals surface area (Å²) in [5, 5.41) is 28.6. The third kappa shape index (κ3) is 8.58. The third-order valence-corrected chi connectivity index (χ3v) is 13.1. The molecule has 288 valence electrons. The van der Waals surface area contributed by atoms with Gasteiger partial charge in [0.05, 0.1) is 17.7 Å². The SMILES string of the molecule is CCC1=CC(=O)C=CC1(C)C1(C)CC2CCC(C(=O)COC)C2(O)CC1O.CNC(C(=O)N1CCCC1C(=O)NCC(C)(C)C(C)C=O)C(C)C. The summed E-state index contributed by atoms with van der Waals surface area (Å²) < 4.78 is 4.99. The van der Waals surface area contributed by atoms with E-state index in [9.17, 15) is 34.2 Å².